The van der Waals surface area contributed by atoms with Gasteiger partial charge in [-0.05, 0) is 61.7 Å². The van der Waals surface area contributed by atoms with Gasteiger partial charge in [-0.15, -0.1) is 12.4 Å². The summed E-state index contributed by atoms with van der Waals surface area (Å²) in [6.07, 6.45) is 0. The van der Waals surface area contributed by atoms with E-state index in [2.05, 4.69) is 37.1 Å². The summed E-state index contributed by atoms with van der Waals surface area (Å²) in [7, 11) is 3.87. The monoisotopic (exact) mass is 430 g/mol. The van der Waals surface area contributed by atoms with E-state index < -0.39 is 0 Å². The Hall–Kier alpha value is -2.24. The van der Waals surface area contributed by atoms with Crippen molar-refractivity contribution in [1.29, 1.82) is 0 Å². The zero-order chi connectivity index (χ0) is 20.5. The molecule has 2 aliphatic heterocycles. The molecule has 0 saturated carbocycles. The van der Waals surface area contributed by atoms with Crippen LogP contribution in [0, 0.1) is 25.7 Å². The zero-order valence-electron chi connectivity index (χ0n) is 18.1. The number of halogens is 1. The summed E-state index contributed by atoms with van der Waals surface area (Å²) in [5.41, 5.74) is 3.57. The van der Waals surface area contributed by atoms with Crippen LogP contribution >= 0.6 is 12.4 Å². The minimum atomic E-state index is 0. The van der Waals surface area contributed by atoms with Crippen LogP contribution in [0.5, 0.6) is 11.5 Å². The van der Waals surface area contributed by atoms with Crippen molar-refractivity contribution < 1.29 is 14.3 Å². The standard InChI is InChI=1S/C24H30N2O3.ClH/c1-16-6-5-7-22(17(16)2)29-15-23(27)26-13-19-12-25(3)24(21(19)14-26)18-8-10-20(28-4)11-9-18;/h5-11,19,21,24H,12-15H2,1-4H3;1H/t19-,21+,24+;/m0./s1. The molecule has 0 aliphatic carbocycles. The molecule has 1 amide bonds. The summed E-state index contributed by atoms with van der Waals surface area (Å²) < 4.78 is 11.1. The first-order valence-electron chi connectivity index (χ1n) is 10.3. The number of rotatable bonds is 5. The topological polar surface area (TPSA) is 42.0 Å². The van der Waals surface area contributed by atoms with E-state index in [0.717, 1.165) is 36.7 Å². The van der Waals surface area contributed by atoms with Gasteiger partial charge in [-0.3, -0.25) is 9.69 Å². The number of likely N-dealkylation sites (tertiary alicyclic amines) is 2. The lowest BCUT2D eigenvalue weighted by Gasteiger charge is -2.27. The average molecular weight is 431 g/mol. The van der Waals surface area contributed by atoms with E-state index in [4.69, 9.17) is 9.47 Å². The lowest BCUT2D eigenvalue weighted by atomic mass is 9.89. The highest BCUT2D eigenvalue weighted by atomic mass is 35.5. The van der Waals surface area contributed by atoms with E-state index in [0.29, 0.717) is 17.9 Å². The number of methoxy groups -OCH3 is 1. The molecular formula is C24H31ClN2O3. The molecule has 2 fully saturated rings. The molecule has 2 saturated heterocycles. The largest absolute Gasteiger partial charge is 0.497 e. The molecule has 0 spiro atoms. The van der Waals surface area contributed by atoms with E-state index in [1.807, 2.05) is 36.1 Å². The second kappa shape index (κ2) is 9.27. The Bertz CT molecular complexity index is 887. The molecule has 0 unspecified atom stereocenters. The zero-order valence-corrected chi connectivity index (χ0v) is 18.9. The van der Waals surface area contributed by atoms with E-state index >= 15 is 0 Å². The highest BCUT2D eigenvalue weighted by molar-refractivity contribution is 5.85. The summed E-state index contributed by atoms with van der Waals surface area (Å²) in [4.78, 5) is 17.2. The van der Waals surface area contributed by atoms with Crippen LogP contribution in [0.25, 0.3) is 0 Å². The number of ether oxygens (including phenoxy) is 2. The molecule has 0 N–H and O–H groups in total. The minimum Gasteiger partial charge on any atom is -0.497 e. The molecular weight excluding hydrogens is 400 g/mol. The summed E-state index contributed by atoms with van der Waals surface area (Å²) >= 11 is 0. The molecule has 2 aromatic rings. The van der Waals surface area contributed by atoms with Gasteiger partial charge in [0.1, 0.15) is 11.5 Å². The molecule has 2 heterocycles. The molecule has 5 nitrogen and oxygen atoms in total. The quantitative estimate of drug-likeness (QED) is 0.722. The molecule has 162 valence electrons. The van der Waals surface area contributed by atoms with Crippen molar-refractivity contribution in [1.82, 2.24) is 9.80 Å². The van der Waals surface area contributed by atoms with Crippen molar-refractivity contribution in [2.24, 2.45) is 11.8 Å². The number of hydrogen-bond donors (Lipinski definition) is 0. The Balaban J connectivity index is 0.00000256. The third-order valence-electron chi connectivity index (χ3n) is 6.61. The number of nitrogens with zero attached hydrogens (tertiary/aromatic N) is 2. The van der Waals surface area contributed by atoms with Gasteiger partial charge in [0.05, 0.1) is 7.11 Å². The van der Waals surface area contributed by atoms with Crippen molar-refractivity contribution in [3.63, 3.8) is 0 Å². The van der Waals surface area contributed by atoms with Crippen LogP contribution in [0.2, 0.25) is 0 Å². The van der Waals surface area contributed by atoms with Gasteiger partial charge >= 0.3 is 0 Å². The van der Waals surface area contributed by atoms with Gasteiger partial charge in [0.15, 0.2) is 6.61 Å². The maximum atomic E-state index is 12.8. The highest BCUT2D eigenvalue weighted by Crippen LogP contribution is 2.44. The Morgan fingerprint density at radius 2 is 1.80 bits per heavy atom. The third-order valence-corrected chi connectivity index (χ3v) is 6.61. The molecule has 6 heteroatoms. The number of fused-ring (bicyclic) bond motifs is 1. The van der Waals surface area contributed by atoms with Crippen LogP contribution in [0.4, 0.5) is 0 Å². The molecule has 0 aromatic heterocycles. The lowest BCUT2D eigenvalue weighted by molar-refractivity contribution is -0.132. The minimum absolute atomic E-state index is 0. The Labute approximate surface area is 185 Å². The van der Waals surface area contributed by atoms with Crippen LogP contribution in [-0.4, -0.2) is 56.1 Å². The molecule has 3 atom stereocenters. The first-order valence-corrected chi connectivity index (χ1v) is 10.3. The summed E-state index contributed by atoms with van der Waals surface area (Å²) in [6.45, 7) is 6.82. The number of hydrogen-bond acceptors (Lipinski definition) is 4. The Morgan fingerprint density at radius 1 is 1.07 bits per heavy atom. The second-order valence-electron chi connectivity index (χ2n) is 8.37. The fourth-order valence-electron chi connectivity index (χ4n) is 4.88. The van der Waals surface area contributed by atoms with Gasteiger partial charge in [-0.1, -0.05) is 24.3 Å². The summed E-state index contributed by atoms with van der Waals surface area (Å²) in [6, 6.07) is 14.6. The maximum absolute atomic E-state index is 12.8. The maximum Gasteiger partial charge on any atom is 0.260 e. The fourth-order valence-corrected chi connectivity index (χ4v) is 4.88. The molecule has 0 radical (unpaired) electrons. The van der Waals surface area contributed by atoms with E-state index in [1.54, 1.807) is 7.11 Å². The molecule has 2 aromatic carbocycles. The van der Waals surface area contributed by atoms with Crippen molar-refractivity contribution >= 4 is 18.3 Å². The number of amides is 1. The van der Waals surface area contributed by atoms with Crippen molar-refractivity contribution in [3.05, 3.63) is 59.2 Å². The highest BCUT2D eigenvalue weighted by Gasteiger charge is 2.47. The predicted octanol–water partition coefficient (Wildman–Crippen LogP) is 3.87. The van der Waals surface area contributed by atoms with Crippen LogP contribution in [0.1, 0.15) is 22.7 Å². The van der Waals surface area contributed by atoms with Gasteiger partial charge in [0.25, 0.3) is 5.91 Å². The van der Waals surface area contributed by atoms with Crippen LogP contribution in [0.15, 0.2) is 42.5 Å². The van der Waals surface area contributed by atoms with Gasteiger partial charge < -0.3 is 14.4 Å². The third kappa shape index (κ3) is 4.28. The predicted molar refractivity (Wildman–Crippen MR) is 121 cm³/mol. The number of carbonyl (C=O) groups is 1. The lowest BCUT2D eigenvalue weighted by Crippen LogP contribution is -2.36. The second-order valence-corrected chi connectivity index (χ2v) is 8.37. The van der Waals surface area contributed by atoms with Gasteiger partial charge in [0.2, 0.25) is 0 Å². The van der Waals surface area contributed by atoms with E-state index in [1.165, 1.54) is 11.1 Å². The number of benzene rings is 2. The number of carbonyl (C=O) groups excluding carboxylic acids is 1. The average Bonchev–Trinajstić information content (AvgIpc) is 3.25. The Kier molecular flexibility index (Phi) is 6.94. The van der Waals surface area contributed by atoms with Gasteiger partial charge in [-0.25, -0.2) is 0 Å². The van der Waals surface area contributed by atoms with Gasteiger partial charge in [-0.2, -0.15) is 0 Å². The Morgan fingerprint density at radius 3 is 2.50 bits per heavy atom. The van der Waals surface area contributed by atoms with Crippen LogP contribution in [-0.2, 0) is 4.79 Å². The number of aryl methyl sites for hydroxylation is 1. The normalized spacial score (nSPS) is 23.1. The van der Waals surface area contributed by atoms with Crippen molar-refractivity contribution in [2.45, 2.75) is 19.9 Å². The summed E-state index contributed by atoms with van der Waals surface area (Å²) in [5, 5.41) is 0. The molecule has 2 aliphatic rings. The SMILES string of the molecule is COc1ccc([C@@H]2[C@@H]3CN(C(=O)COc4cccc(C)c4C)C[C@@H]3CN2C)cc1.Cl. The van der Waals surface area contributed by atoms with Crippen LogP contribution < -0.4 is 9.47 Å². The fraction of sp³-hybridized carbons (Fsp3) is 0.458. The summed E-state index contributed by atoms with van der Waals surface area (Å²) in [5.74, 6) is 2.72. The van der Waals surface area contributed by atoms with Crippen molar-refractivity contribution in [2.75, 3.05) is 40.4 Å². The molecule has 0 bridgehead atoms. The van der Waals surface area contributed by atoms with E-state index in [9.17, 15) is 4.79 Å². The van der Waals surface area contributed by atoms with E-state index in [-0.39, 0.29) is 24.9 Å². The van der Waals surface area contributed by atoms with Gasteiger partial charge in [0, 0.05) is 31.6 Å². The molecule has 30 heavy (non-hydrogen) atoms. The smallest absolute Gasteiger partial charge is 0.260 e. The van der Waals surface area contributed by atoms with Crippen LogP contribution in [0.3, 0.4) is 0 Å². The first-order chi connectivity index (χ1) is 14.0. The van der Waals surface area contributed by atoms with Crippen molar-refractivity contribution in [3.8, 4) is 11.5 Å². The first kappa shape index (κ1) is 22.4. The molecule has 4 rings (SSSR count).